The van der Waals surface area contributed by atoms with E-state index >= 15 is 0 Å². The molecule has 6 aromatic carbocycles. The molecule has 0 bridgehead atoms. The van der Waals surface area contributed by atoms with E-state index in [9.17, 15) is 0 Å². The van der Waals surface area contributed by atoms with Crippen LogP contribution in [0.5, 0.6) is 5.75 Å². The molecular formula is C38H38O. The maximum absolute atomic E-state index is 6.57. The smallest absolute Gasteiger partial charge is 0.126 e. The summed E-state index contributed by atoms with van der Waals surface area (Å²) in [7, 11) is 0. The molecule has 0 amide bonds. The molecule has 0 saturated heterocycles. The minimum absolute atomic E-state index is 0.129. The molecule has 0 unspecified atom stereocenters. The molecule has 196 valence electrons. The van der Waals surface area contributed by atoms with Crippen molar-refractivity contribution in [3.63, 3.8) is 0 Å². The molecule has 0 aliphatic carbocycles. The number of ether oxygens (including phenoxy) is 1. The van der Waals surface area contributed by atoms with Crippen LogP contribution >= 0.6 is 0 Å². The lowest BCUT2D eigenvalue weighted by Crippen LogP contribution is -2.13. The monoisotopic (exact) mass is 510 g/mol. The number of hydrogen-bond acceptors (Lipinski definition) is 1. The van der Waals surface area contributed by atoms with Crippen molar-refractivity contribution in [2.75, 3.05) is 0 Å². The molecular weight excluding hydrogens is 472 g/mol. The molecule has 6 aromatic rings. The minimum atomic E-state index is 0.129. The summed E-state index contributed by atoms with van der Waals surface area (Å²) in [6.45, 7) is 13.4. The third-order valence-corrected chi connectivity index (χ3v) is 7.99. The molecule has 6 rings (SSSR count). The number of hydrogen-bond donors (Lipinski definition) is 0. The van der Waals surface area contributed by atoms with Crippen LogP contribution in [0.1, 0.15) is 75.6 Å². The first-order valence-corrected chi connectivity index (χ1v) is 14.4. The summed E-state index contributed by atoms with van der Waals surface area (Å²) in [5.41, 5.74) is 5.37. The summed E-state index contributed by atoms with van der Waals surface area (Å²) < 4.78 is 6.57. The minimum Gasteiger partial charge on any atom is -0.490 e. The molecule has 0 N–H and O–H groups in total. The van der Waals surface area contributed by atoms with Crippen LogP contribution in [0.15, 0.2) is 91.0 Å². The Morgan fingerprint density at radius 1 is 0.513 bits per heavy atom. The average molecular weight is 511 g/mol. The number of benzene rings is 6. The maximum Gasteiger partial charge on any atom is 0.126 e. The molecule has 0 heterocycles. The predicted octanol–water partition coefficient (Wildman–Crippen LogP) is 10.9. The summed E-state index contributed by atoms with van der Waals surface area (Å²) in [6, 6.07) is 34.1. The van der Waals surface area contributed by atoms with Gasteiger partial charge in [0.15, 0.2) is 0 Å². The van der Waals surface area contributed by atoms with E-state index < -0.39 is 0 Å². The average Bonchev–Trinajstić information content (AvgIpc) is 2.90. The molecule has 0 spiro atoms. The molecule has 39 heavy (non-hydrogen) atoms. The lowest BCUT2D eigenvalue weighted by molar-refractivity contribution is 0.236. The molecule has 0 radical (unpaired) electrons. The van der Waals surface area contributed by atoms with Gasteiger partial charge in [0.05, 0.1) is 6.10 Å². The quantitative estimate of drug-likeness (QED) is 0.202. The first-order chi connectivity index (χ1) is 18.8. The summed E-state index contributed by atoms with van der Waals surface area (Å²) in [5.74, 6) is 1.95. The highest BCUT2D eigenvalue weighted by Crippen LogP contribution is 2.39. The third kappa shape index (κ3) is 4.76. The van der Waals surface area contributed by atoms with E-state index in [1.54, 1.807) is 0 Å². The van der Waals surface area contributed by atoms with Gasteiger partial charge in [-0.05, 0) is 122 Å². The van der Waals surface area contributed by atoms with Crippen molar-refractivity contribution in [2.45, 2.75) is 65.9 Å². The Bertz CT molecular complexity index is 1840. The summed E-state index contributed by atoms with van der Waals surface area (Å²) >= 11 is 0. The van der Waals surface area contributed by atoms with Crippen molar-refractivity contribution in [2.24, 2.45) is 0 Å². The van der Waals surface area contributed by atoms with Gasteiger partial charge in [0.25, 0.3) is 0 Å². The zero-order valence-corrected chi connectivity index (χ0v) is 24.0. The van der Waals surface area contributed by atoms with Gasteiger partial charge in [-0.2, -0.15) is 0 Å². The second kappa shape index (κ2) is 10.0. The molecule has 0 aliphatic rings. The van der Waals surface area contributed by atoms with Gasteiger partial charge in [0.1, 0.15) is 5.75 Å². The van der Waals surface area contributed by atoms with Gasteiger partial charge >= 0.3 is 0 Å². The molecule has 1 nitrogen and oxygen atoms in total. The Morgan fingerprint density at radius 3 is 1.67 bits per heavy atom. The van der Waals surface area contributed by atoms with Gasteiger partial charge in [-0.3, -0.25) is 0 Å². The first-order valence-electron chi connectivity index (χ1n) is 14.4. The van der Waals surface area contributed by atoms with Crippen molar-refractivity contribution < 1.29 is 4.74 Å². The fourth-order valence-corrected chi connectivity index (χ4v) is 6.17. The number of fused-ring (bicyclic) bond motifs is 4. The maximum atomic E-state index is 6.57. The van der Waals surface area contributed by atoms with Crippen LogP contribution < -0.4 is 4.74 Å². The fourth-order valence-electron chi connectivity index (χ4n) is 6.17. The number of rotatable bonds is 6. The van der Waals surface area contributed by atoms with Gasteiger partial charge in [-0.15, -0.1) is 0 Å². The normalized spacial score (nSPS) is 12.1. The standard InChI is InChI=1S/C38H38O/c1-23(2)35-15-14-30(38(39-25(5)6)37(35)24(3)4)18-28-12-9-13-29-19-33-20-31-16-26-10-7-8-11-27(26)17-32(31)21-34(33)22-36(28)29/h7-17,19-25H,18H2,1-6H3. The first kappa shape index (κ1) is 25.4. The van der Waals surface area contributed by atoms with Gasteiger partial charge in [-0.25, -0.2) is 0 Å². The van der Waals surface area contributed by atoms with Crippen molar-refractivity contribution in [3.8, 4) is 5.75 Å². The highest BCUT2D eigenvalue weighted by Gasteiger charge is 2.21. The molecule has 0 fully saturated rings. The molecule has 1 heteroatoms. The topological polar surface area (TPSA) is 9.23 Å². The van der Waals surface area contributed by atoms with E-state index in [0.29, 0.717) is 11.8 Å². The molecule has 0 atom stereocenters. The second-order valence-electron chi connectivity index (χ2n) is 11.9. The summed E-state index contributed by atoms with van der Waals surface area (Å²) in [6.07, 6.45) is 0.978. The fraction of sp³-hybridized carbons (Fsp3) is 0.263. The summed E-state index contributed by atoms with van der Waals surface area (Å²) in [5, 5.41) is 10.3. The van der Waals surface area contributed by atoms with Crippen LogP contribution in [0.4, 0.5) is 0 Å². The van der Waals surface area contributed by atoms with E-state index in [0.717, 1.165) is 12.2 Å². The summed E-state index contributed by atoms with van der Waals surface area (Å²) in [4.78, 5) is 0. The third-order valence-electron chi connectivity index (χ3n) is 7.99. The zero-order chi connectivity index (χ0) is 27.3. The van der Waals surface area contributed by atoms with Gasteiger partial charge in [0, 0.05) is 12.0 Å². The highest BCUT2D eigenvalue weighted by molar-refractivity contribution is 6.08. The van der Waals surface area contributed by atoms with Crippen LogP contribution in [0, 0.1) is 0 Å². The van der Waals surface area contributed by atoms with Crippen LogP contribution in [-0.4, -0.2) is 6.10 Å². The zero-order valence-electron chi connectivity index (χ0n) is 24.0. The van der Waals surface area contributed by atoms with Crippen molar-refractivity contribution in [3.05, 3.63) is 113 Å². The van der Waals surface area contributed by atoms with E-state index in [1.165, 1.54) is 65.3 Å². The van der Waals surface area contributed by atoms with Crippen LogP contribution in [0.3, 0.4) is 0 Å². The molecule has 0 aromatic heterocycles. The predicted molar refractivity (Wildman–Crippen MR) is 170 cm³/mol. The Hall–Kier alpha value is -3.84. The largest absolute Gasteiger partial charge is 0.490 e. The Kier molecular flexibility index (Phi) is 6.55. The highest BCUT2D eigenvalue weighted by atomic mass is 16.5. The SMILES string of the molecule is CC(C)Oc1c(Cc2cccc3cc4cc5cc6ccccc6cc5cc4cc23)ccc(C(C)C)c1C(C)C. The second-order valence-corrected chi connectivity index (χ2v) is 11.9. The molecule has 0 saturated carbocycles. The lowest BCUT2D eigenvalue weighted by atomic mass is 9.86. The van der Waals surface area contributed by atoms with Crippen LogP contribution in [0.2, 0.25) is 0 Å². The van der Waals surface area contributed by atoms with Crippen LogP contribution in [-0.2, 0) is 6.42 Å². The van der Waals surface area contributed by atoms with Crippen LogP contribution in [0.25, 0.3) is 43.1 Å². The lowest BCUT2D eigenvalue weighted by Gasteiger charge is -2.25. The van der Waals surface area contributed by atoms with Gasteiger partial charge in [0.2, 0.25) is 0 Å². The van der Waals surface area contributed by atoms with Gasteiger partial charge in [-0.1, -0.05) is 82.3 Å². The van der Waals surface area contributed by atoms with Crippen molar-refractivity contribution in [1.29, 1.82) is 0 Å². The Labute approximate surface area is 232 Å². The van der Waals surface area contributed by atoms with E-state index in [4.69, 9.17) is 4.74 Å². The van der Waals surface area contributed by atoms with Gasteiger partial charge < -0.3 is 4.74 Å². The van der Waals surface area contributed by atoms with E-state index in [2.05, 4.69) is 133 Å². The van der Waals surface area contributed by atoms with Crippen molar-refractivity contribution in [1.82, 2.24) is 0 Å². The van der Waals surface area contributed by atoms with E-state index in [-0.39, 0.29) is 6.10 Å². The molecule has 0 aliphatic heterocycles. The Balaban J connectivity index is 1.51. The Morgan fingerprint density at radius 2 is 1.08 bits per heavy atom. The van der Waals surface area contributed by atoms with E-state index in [1.807, 2.05) is 0 Å². The van der Waals surface area contributed by atoms with Crippen molar-refractivity contribution >= 4 is 43.1 Å².